The first kappa shape index (κ1) is 18.5. The summed E-state index contributed by atoms with van der Waals surface area (Å²) in [5, 5.41) is 3.63. The van der Waals surface area contributed by atoms with E-state index in [1.165, 1.54) is 5.56 Å². The highest BCUT2D eigenvalue weighted by atomic mass is 79.9. The summed E-state index contributed by atoms with van der Waals surface area (Å²) in [6, 6.07) is 6.40. The molecule has 1 atom stereocenters. The molecule has 1 unspecified atom stereocenters. The molecule has 0 bridgehead atoms. The zero-order valence-electron chi connectivity index (χ0n) is 14.3. The van der Waals surface area contributed by atoms with Crippen molar-refractivity contribution >= 4 is 15.9 Å². The van der Waals surface area contributed by atoms with Gasteiger partial charge in [-0.05, 0) is 63.8 Å². The smallest absolute Gasteiger partial charge is 0.133 e. The molecule has 0 amide bonds. The van der Waals surface area contributed by atoms with E-state index in [1.807, 2.05) is 6.07 Å². The molecule has 0 aliphatic rings. The van der Waals surface area contributed by atoms with Crippen LogP contribution < -0.4 is 10.1 Å². The highest BCUT2D eigenvalue weighted by Gasteiger charge is 2.28. The molecule has 0 radical (unpaired) electrons. The Morgan fingerprint density at radius 1 is 1.24 bits per heavy atom. The van der Waals surface area contributed by atoms with Crippen molar-refractivity contribution in [2.75, 3.05) is 20.2 Å². The summed E-state index contributed by atoms with van der Waals surface area (Å²) in [6.07, 6.45) is 1.07. The summed E-state index contributed by atoms with van der Waals surface area (Å²) in [7, 11) is 1.70. The van der Waals surface area contributed by atoms with Gasteiger partial charge in [0.25, 0.3) is 0 Å². The molecule has 0 fully saturated rings. The van der Waals surface area contributed by atoms with Gasteiger partial charge in [0.1, 0.15) is 5.75 Å². The van der Waals surface area contributed by atoms with Crippen LogP contribution in [0.1, 0.15) is 40.2 Å². The minimum absolute atomic E-state index is 0.253. The van der Waals surface area contributed by atoms with E-state index in [0.29, 0.717) is 11.8 Å². The summed E-state index contributed by atoms with van der Waals surface area (Å²) >= 11 is 3.58. The molecular weight excluding hydrogens is 326 g/mol. The lowest BCUT2D eigenvalue weighted by atomic mass is 9.74. The Morgan fingerprint density at radius 3 is 2.38 bits per heavy atom. The lowest BCUT2D eigenvalue weighted by molar-refractivity contribution is 0.205. The molecule has 120 valence electrons. The van der Waals surface area contributed by atoms with Gasteiger partial charge in [0.2, 0.25) is 0 Å². The molecule has 21 heavy (non-hydrogen) atoms. The molecule has 0 saturated heterocycles. The van der Waals surface area contributed by atoms with Crippen LogP contribution in [0.2, 0.25) is 0 Å². The number of halogens is 1. The van der Waals surface area contributed by atoms with Crippen LogP contribution >= 0.6 is 15.9 Å². The quantitative estimate of drug-likeness (QED) is 0.715. The maximum Gasteiger partial charge on any atom is 0.133 e. The Morgan fingerprint density at radius 2 is 1.90 bits per heavy atom. The van der Waals surface area contributed by atoms with E-state index in [2.05, 4.69) is 68.0 Å². The minimum atomic E-state index is 0.253. The molecule has 0 heterocycles. The highest BCUT2D eigenvalue weighted by Crippen LogP contribution is 2.33. The first-order valence-corrected chi connectivity index (χ1v) is 8.61. The van der Waals surface area contributed by atoms with E-state index in [9.17, 15) is 0 Å². The van der Waals surface area contributed by atoms with Gasteiger partial charge in [0, 0.05) is 6.54 Å². The Hall–Kier alpha value is -0.540. The van der Waals surface area contributed by atoms with Gasteiger partial charge in [-0.2, -0.15) is 0 Å². The van der Waals surface area contributed by atoms with Crippen molar-refractivity contribution in [3.63, 3.8) is 0 Å². The molecule has 2 nitrogen and oxygen atoms in total. The number of methoxy groups -OCH3 is 1. The van der Waals surface area contributed by atoms with Crippen LogP contribution in [0.25, 0.3) is 0 Å². The van der Waals surface area contributed by atoms with E-state index in [-0.39, 0.29) is 5.41 Å². The number of hydrogen-bond donors (Lipinski definition) is 1. The van der Waals surface area contributed by atoms with Gasteiger partial charge in [-0.15, -0.1) is 0 Å². The fraction of sp³-hybridized carbons (Fsp3) is 0.667. The average molecular weight is 356 g/mol. The molecule has 0 aliphatic carbocycles. The van der Waals surface area contributed by atoms with Gasteiger partial charge in [-0.3, -0.25) is 0 Å². The first-order chi connectivity index (χ1) is 9.78. The number of hydrogen-bond acceptors (Lipinski definition) is 2. The van der Waals surface area contributed by atoms with E-state index in [0.717, 1.165) is 29.7 Å². The molecule has 1 rings (SSSR count). The zero-order chi connectivity index (χ0) is 16.0. The van der Waals surface area contributed by atoms with Crippen molar-refractivity contribution < 1.29 is 4.74 Å². The third-order valence-corrected chi connectivity index (χ3v) is 4.92. The fourth-order valence-electron chi connectivity index (χ4n) is 2.40. The normalized spacial score (nSPS) is 14.5. The first-order valence-electron chi connectivity index (χ1n) is 7.81. The SMILES string of the molecule is COc1ccc(CC(C)(CNCC(C)C)C(C)C)cc1Br. The van der Waals surface area contributed by atoms with E-state index < -0.39 is 0 Å². The predicted molar refractivity (Wildman–Crippen MR) is 95.1 cm³/mol. The van der Waals surface area contributed by atoms with Crippen LogP contribution in [-0.2, 0) is 6.42 Å². The molecule has 0 spiro atoms. The van der Waals surface area contributed by atoms with Gasteiger partial charge < -0.3 is 10.1 Å². The third kappa shape index (κ3) is 5.63. The van der Waals surface area contributed by atoms with Gasteiger partial charge >= 0.3 is 0 Å². The Balaban J connectivity index is 2.79. The van der Waals surface area contributed by atoms with Crippen molar-refractivity contribution in [2.45, 2.75) is 41.0 Å². The molecule has 1 aromatic carbocycles. The van der Waals surface area contributed by atoms with Gasteiger partial charge in [0.05, 0.1) is 11.6 Å². The maximum absolute atomic E-state index is 5.31. The molecule has 1 aromatic rings. The summed E-state index contributed by atoms with van der Waals surface area (Å²) < 4.78 is 6.34. The van der Waals surface area contributed by atoms with Crippen LogP contribution in [0.15, 0.2) is 22.7 Å². The Kier molecular flexibility index (Phi) is 7.22. The molecule has 3 heteroatoms. The van der Waals surface area contributed by atoms with Crippen LogP contribution in [0.4, 0.5) is 0 Å². The highest BCUT2D eigenvalue weighted by molar-refractivity contribution is 9.10. The number of benzene rings is 1. The van der Waals surface area contributed by atoms with Crippen molar-refractivity contribution in [3.05, 3.63) is 28.2 Å². The Labute approximate surface area is 138 Å². The molecule has 0 aromatic heterocycles. The summed E-state index contributed by atoms with van der Waals surface area (Å²) in [6.45, 7) is 13.6. The molecule has 0 saturated carbocycles. The van der Waals surface area contributed by atoms with Crippen molar-refractivity contribution in [3.8, 4) is 5.75 Å². The minimum Gasteiger partial charge on any atom is -0.496 e. The number of rotatable bonds is 8. The topological polar surface area (TPSA) is 21.3 Å². The average Bonchev–Trinajstić information content (AvgIpc) is 2.38. The lowest BCUT2D eigenvalue weighted by Gasteiger charge is -2.35. The second-order valence-electron chi connectivity index (χ2n) is 6.98. The Bertz CT molecular complexity index is 445. The number of nitrogens with one attached hydrogen (secondary N) is 1. The van der Waals surface area contributed by atoms with Crippen molar-refractivity contribution in [2.24, 2.45) is 17.3 Å². The van der Waals surface area contributed by atoms with E-state index in [1.54, 1.807) is 7.11 Å². The number of ether oxygens (including phenoxy) is 1. The largest absolute Gasteiger partial charge is 0.496 e. The lowest BCUT2D eigenvalue weighted by Crippen LogP contribution is -2.39. The standard InChI is InChI=1S/C18H30BrNO/c1-13(2)11-20-12-18(5,14(3)4)10-15-7-8-17(21-6)16(19)9-15/h7-9,13-14,20H,10-12H2,1-6H3. The van der Waals surface area contributed by atoms with Crippen molar-refractivity contribution in [1.82, 2.24) is 5.32 Å². The van der Waals surface area contributed by atoms with E-state index in [4.69, 9.17) is 4.74 Å². The third-order valence-electron chi connectivity index (χ3n) is 4.30. The summed E-state index contributed by atoms with van der Waals surface area (Å²) in [5.74, 6) is 2.21. The van der Waals surface area contributed by atoms with Crippen LogP contribution in [0.5, 0.6) is 5.75 Å². The molecule has 1 N–H and O–H groups in total. The second kappa shape index (κ2) is 8.19. The van der Waals surface area contributed by atoms with Crippen LogP contribution in [-0.4, -0.2) is 20.2 Å². The molecular formula is C18H30BrNO. The van der Waals surface area contributed by atoms with Gasteiger partial charge in [0.15, 0.2) is 0 Å². The second-order valence-corrected chi connectivity index (χ2v) is 7.83. The van der Waals surface area contributed by atoms with Crippen LogP contribution in [0.3, 0.4) is 0 Å². The van der Waals surface area contributed by atoms with Gasteiger partial charge in [-0.25, -0.2) is 0 Å². The maximum atomic E-state index is 5.31. The monoisotopic (exact) mass is 355 g/mol. The summed E-state index contributed by atoms with van der Waals surface area (Å²) in [4.78, 5) is 0. The summed E-state index contributed by atoms with van der Waals surface area (Å²) in [5.41, 5.74) is 1.60. The predicted octanol–water partition coefficient (Wildman–Crippen LogP) is 4.91. The molecule has 0 aliphatic heterocycles. The zero-order valence-corrected chi connectivity index (χ0v) is 15.9. The van der Waals surface area contributed by atoms with E-state index >= 15 is 0 Å². The van der Waals surface area contributed by atoms with Crippen LogP contribution in [0, 0.1) is 17.3 Å². The fourth-order valence-corrected chi connectivity index (χ4v) is 2.99. The van der Waals surface area contributed by atoms with Crippen molar-refractivity contribution in [1.29, 1.82) is 0 Å². The van der Waals surface area contributed by atoms with Gasteiger partial charge in [-0.1, -0.05) is 40.7 Å².